The molecule has 1 saturated heterocycles. The van der Waals surface area contributed by atoms with Gasteiger partial charge >= 0.3 is 0 Å². The minimum Gasteiger partial charge on any atom is -0.425 e. The summed E-state index contributed by atoms with van der Waals surface area (Å²) in [6.45, 7) is 5.67. The summed E-state index contributed by atoms with van der Waals surface area (Å²) in [5.74, 6) is 1.97. The van der Waals surface area contributed by atoms with Gasteiger partial charge in [0.15, 0.2) is 0 Å². The number of rotatable bonds is 4. The third kappa shape index (κ3) is 3.32. The van der Waals surface area contributed by atoms with Crippen LogP contribution >= 0.6 is 0 Å². The summed E-state index contributed by atoms with van der Waals surface area (Å²) in [5.41, 5.74) is 0. The van der Waals surface area contributed by atoms with Gasteiger partial charge in [-0.1, -0.05) is 13.8 Å². The minimum atomic E-state index is 0.0503. The van der Waals surface area contributed by atoms with Crippen molar-refractivity contribution in [1.29, 1.82) is 0 Å². The molecule has 19 heavy (non-hydrogen) atoms. The van der Waals surface area contributed by atoms with Gasteiger partial charge in [0.1, 0.15) is 6.61 Å². The number of hydrogen-bond donors (Lipinski definition) is 0. The van der Waals surface area contributed by atoms with E-state index in [0.29, 0.717) is 11.8 Å². The molecule has 1 aliphatic rings. The van der Waals surface area contributed by atoms with Crippen LogP contribution in [0.5, 0.6) is 0 Å². The number of hydrogen-bond acceptors (Lipinski definition) is 5. The molecule has 1 amide bonds. The number of aromatic nitrogens is 2. The Bertz CT molecular complexity index is 423. The van der Waals surface area contributed by atoms with E-state index in [0.717, 1.165) is 25.9 Å². The monoisotopic (exact) mass is 267 g/mol. The van der Waals surface area contributed by atoms with Crippen molar-refractivity contribution in [1.82, 2.24) is 15.1 Å². The lowest BCUT2D eigenvalue weighted by Gasteiger charge is -2.30. The van der Waals surface area contributed by atoms with Crippen molar-refractivity contribution in [3.63, 3.8) is 0 Å². The molecule has 0 spiro atoms. The summed E-state index contributed by atoms with van der Waals surface area (Å²) in [4.78, 5) is 13.5. The topological polar surface area (TPSA) is 68.5 Å². The third-order valence-corrected chi connectivity index (χ3v) is 3.41. The molecule has 0 N–H and O–H groups in total. The molecule has 0 aromatic carbocycles. The van der Waals surface area contributed by atoms with Gasteiger partial charge in [-0.3, -0.25) is 4.79 Å². The molecule has 1 fully saturated rings. The van der Waals surface area contributed by atoms with Gasteiger partial charge in [0.05, 0.1) is 0 Å². The Hall–Kier alpha value is -1.43. The predicted molar refractivity (Wildman–Crippen MR) is 68.8 cm³/mol. The van der Waals surface area contributed by atoms with Gasteiger partial charge in [-0.05, 0) is 12.8 Å². The molecule has 106 valence electrons. The van der Waals surface area contributed by atoms with Crippen LogP contribution in [0.15, 0.2) is 4.42 Å². The van der Waals surface area contributed by atoms with Gasteiger partial charge in [-0.15, -0.1) is 10.2 Å². The van der Waals surface area contributed by atoms with E-state index in [-0.39, 0.29) is 24.3 Å². The predicted octanol–water partition coefficient (Wildman–Crippen LogP) is 1.55. The smallest absolute Gasteiger partial charge is 0.248 e. The lowest BCUT2D eigenvalue weighted by Crippen LogP contribution is -2.39. The highest BCUT2D eigenvalue weighted by Gasteiger charge is 2.27. The Morgan fingerprint density at radius 1 is 1.42 bits per heavy atom. The molecule has 6 heteroatoms. The number of likely N-dealkylation sites (tertiary alicyclic amines) is 1. The van der Waals surface area contributed by atoms with Crippen LogP contribution in [-0.2, 0) is 9.53 Å². The van der Waals surface area contributed by atoms with Crippen molar-refractivity contribution in [2.45, 2.75) is 38.5 Å². The zero-order chi connectivity index (χ0) is 13.8. The van der Waals surface area contributed by atoms with Crippen molar-refractivity contribution in [3.8, 4) is 0 Å². The summed E-state index contributed by atoms with van der Waals surface area (Å²) in [7, 11) is 1.54. The van der Waals surface area contributed by atoms with Crippen LogP contribution in [0.25, 0.3) is 0 Å². The fourth-order valence-electron chi connectivity index (χ4n) is 2.24. The number of carbonyl (C=O) groups is 1. The molecule has 1 aliphatic heterocycles. The highest BCUT2D eigenvalue weighted by atomic mass is 16.5. The highest BCUT2D eigenvalue weighted by molar-refractivity contribution is 5.77. The average Bonchev–Trinajstić information content (AvgIpc) is 2.89. The van der Waals surface area contributed by atoms with Crippen molar-refractivity contribution in [3.05, 3.63) is 11.8 Å². The zero-order valence-electron chi connectivity index (χ0n) is 11.8. The van der Waals surface area contributed by atoms with E-state index in [9.17, 15) is 4.79 Å². The van der Waals surface area contributed by atoms with Crippen LogP contribution in [0.3, 0.4) is 0 Å². The maximum absolute atomic E-state index is 11.7. The van der Waals surface area contributed by atoms with E-state index in [1.165, 1.54) is 7.11 Å². The molecular formula is C13H21N3O3. The van der Waals surface area contributed by atoms with E-state index in [1.807, 2.05) is 18.7 Å². The molecule has 0 saturated carbocycles. The Morgan fingerprint density at radius 3 is 2.63 bits per heavy atom. The molecule has 0 atom stereocenters. The molecule has 6 nitrogen and oxygen atoms in total. The lowest BCUT2D eigenvalue weighted by molar-refractivity contribution is -0.136. The fourth-order valence-corrected chi connectivity index (χ4v) is 2.24. The molecule has 1 aromatic heterocycles. The van der Waals surface area contributed by atoms with Crippen molar-refractivity contribution in [2.75, 3.05) is 26.8 Å². The first-order valence-corrected chi connectivity index (χ1v) is 6.71. The normalized spacial score (nSPS) is 17.2. The van der Waals surface area contributed by atoms with Gasteiger partial charge in [-0.2, -0.15) is 0 Å². The van der Waals surface area contributed by atoms with E-state index < -0.39 is 0 Å². The Morgan fingerprint density at radius 2 is 2.11 bits per heavy atom. The van der Waals surface area contributed by atoms with E-state index in [4.69, 9.17) is 9.15 Å². The quantitative estimate of drug-likeness (QED) is 0.827. The van der Waals surface area contributed by atoms with Crippen LogP contribution in [0.1, 0.15) is 50.3 Å². The minimum absolute atomic E-state index is 0.0503. The number of methoxy groups -OCH3 is 1. The van der Waals surface area contributed by atoms with E-state index in [1.54, 1.807) is 0 Å². The van der Waals surface area contributed by atoms with Gasteiger partial charge in [-0.25, -0.2) is 0 Å². The fraction of sp³-hybridized carbons (Fsp3) is 0.769. The maximum Gasteiger partial charge on any atom is 0.248 e. The molecule has 0 unspecified atom stereocenters. The second kappa shape index (κ2) is 6.14. The van der Waals surface area contributed by atoms with Gasteiger partial charge < -0.3 is 14.1 Å². The maximum atomic E-state index is 11.7. The van der Waals surface area contributed by atoms with Gasteiger partial charge in [0.2, 0.25) is 17.7 Å². The lowest BCUT2D eigenvalue weighted by atomic mass is 9.97. The first-order chi connectivity index (χ1) is 9.11. The van der Waals surface area contributed by atoms with Gasteiger partial charge in [0, 0.05) is 32.0 Å². The summed E-state index contributed by atoms with van der Waals surface area (Å²) in [6.07, 6.45) is 1.74. The molecule has 2 heterocycles. The molecule has 2 rings (SSSR count). The number of nitrogens with zero attached hydrogens (tertiary/aromatic N) is 3. The van der Waals surface area contributed by atoms with Crippen LogP contribution in [0.4, 0.5) is 0 Å². The van der Waals surface area contributed by atoms with Crippen LogP contribution in [0.2, 0.25) is 0 Å². The zero-order valence-corrected chi connectivity index (χ0v) is 11.8. The van der Waals surface area contributed by atoms with Crippen LogP contribution in [0, 0.1) is 0 Å². The Balaban J connectivity index is 1.90. The van der Waals surface area contributed by atoms with Crippen molar-refractivity contribution >= 4 is 5.91 Å². The molecular weight excluding hydrogens is 246 g/mol. The van der Waals surface area contributed by atoms with E-state index >= 15 is 0 Å². The summed E-state index contributed by atoms with van der Waals surface area (Å²) >= 11 is 0. The number of carbonyl (C=O) groups excluding carboxylic acids is 1. The van der Waals surface area contributed by atoms with E-state index in [2.05, 4.69) is 10.2 Å². The van der Waals surface area contributed by atoms with Gasteiger partial charge in [0.25, 0.3) is 0 Å². The van der Waals surface area contributed by atoms with Crippen molar-refractivity contribution in [2.24, 2.45) is 0 Å². The van der Waals surface area contributed by atoms with Crippen LogP contribution in [-0.4, -0.2) is 47.8 Å². The summed E-state index contributed by atoms with van der Waals surface area (Å²) < 4.78 is 10.5. The number of amides is 1. The third-order valence-electron chi connectivity index (χ3n) is 3.41. The number of piperidine rings is 1. The molecule has 0 bridgehead atoms. The summed E-state index contributed by atoms with van der Waals surface area (Å²) in [5, 5.41) is 8.18. The first-order valence-electron chi connectivity index (χ1n) is 6.71. The molecule has 1 aromatic rings. The number of ether oxygens (including phenoxy) is 1. The summed E-state index contributed by atoms with van der Waals surface area (Å²) in [6, 6.07) is 0. The second-order valence-electron chi connectivity index (χ2n) is 5.22. The highest BCUT2D eigenvalue weighted by Crippen LogP contribution is 2.28. The standard InChI is InChI=1S/C13H21N3O3/c1-9(2)12-14-15-13(19-12)10-4-6-16(7-5-10)11(17)8-18-3/h9-10H,4-8H2,1-3H3. The molecule has 0 radical (unpaired) electrons. The largest absolute Gasteiger partial charge is 0.425 e. The average molecular weight is 267 g/mol. The second-order valence-corrected chi connectivity index (χ2v) is 5.22. The molecule has 0 aliphatic carbocycles. The first kappa shape index (κ1) is 14.0. The SMILES string of the molecule is COCC(=O)N1CCC(c2nnc(C(C)C)o2)CC1. The Labute approximate surface area is 113 Å². The Kier molecular flexibility index (Phi) is 4.52. The van der Waals surface area contributed by atoms with Crippen LogP contribution < -0.4 is 0 Å². The van der Waals surface area contributed by atoms with Crippen molar-refractivity contribution < 1.29 is 13.9 Å².